The highest BCUT2D eigenvalue weighted by molar-refractivity contribution is 7.85. The van der Waals surface area contributed by atoms with Crippen LogP contribution in [0.5, 0.6) is 0 Å². The Hall–Kier alpha value is -0.940. The third-order valence-electron chi connectivity index (χ3n) is 1.26. The molecule has 60 valence electrons. The van der Waals surface area contributed by atoms with E-state index in [0.29, 0.717) is 5.56 Å². The van der Waals surface area contributed by atoms with Gasteiger partial charge in [0, 0.05) is 12.4 Å². The Balaban J connectivity index is 3.37. The first-order chi connectivity index (χ1) is 5.02. The summed E-state index contributed by atoms with van der Waals surface area (Å²) in [4.78, 5) is 3.28. The van der Waals surface area contributed by atoms with E-state index in [1.807, 2.05) is 0 Å². The molecular weight excluding hydrogens is 166 g/mol. The normalized spacial score (nSPS) is 11.5. The molecule has 0 bridgehead atoms. The molecule has 5 heteroatoms. The van der Waals surface area contributed by atoms with Gasteiger partial charge in [-0.15, -0.1) is 0 Å². The fraction of sp³-hybridized carbons (Fsp3) is 0.167. The highest BCUT2D eigenvalue weighted by atomic mass is 32.2. The van der Waals surface area contributed by atoms with Crippen LogP contribution >= 0.6 is 0 Å². The van der Waals surface area contributed by atoms with E-state index < -0.39 is 10.1 Å². The van der Waals surface area contributed by atoms with Crippen LogP contribution in [0.2, 0.25) is 0 Å². The average Bonchev–Trinajstić information content (AvgIpc) is 1.86. The molecule has 0 radical (unpaired) electrons. The number of rotatable bonds is 1. The zero-order valence-electron chi connectivity index (χ0n) is 5.81. The molecule has 0 N–H and O–H groups in total. The fourth-order valence-electron chi connectivity index (χ4n) is 0.711. The zero-order valence-corrected chi connectivity index (χ0v) is 6.63. The topological polar surface area (TPSA) is 70.1 Å². The molecule has 0 aliphatic rings. The van der Waals surface area contributed by atoms with E-state index in [1.54, 1.807) is 6.92 Å². The van der Waals surface area contributed by atoms with E-state index in [9.17, 15) is 13.0 Å². The smallest absolute Gasteiger partial charge is 0.126 e. The van der Waals surface area contributed by atoms with Crippen molar-refractivity contribution in [2.75, 3.05) is 0 Å². The molecule has 0 fully saturated rings. The lowest BCUT2D eigenvalue weighted by Gasteiger charge is -2.07. The molecule has 0 aliphatic carbocycles. The molecule has 1 aromatic heterocycles. The summed E-state index contributed by atoms with van der Waals surface area (Å²) in [7, 11) is -4.35. The van der Waals surface area contributed by atoms with E-state index >= 15 is 0 Å². The fourth-order valence-corrected chi connectivity index (χ4v) is 1.36. The minimum atomic E-state index is -4.35. The molecule has 0 atom stereocenters. The molecule has 0 saturated heterocycles. The van der Waals surface area contributed by atoms with Gasteiger partial charge in [0.1, 0.15) is 10.1 Å². The first kappa shape index (κ1) is 8.16. The molecule has 1 aromatic rings. The molecule has 1 heterocycles. The highest BCUT2D eigenvalue weighted by Crippen LogP contribution is 2.10. The second kappa shape index (κ2) is 2.60. The van der Waals surface area contributed by atoms with Crippen molar-refractivity contribution in [1.29, 1.82) is 0 Å². The minimum Gasteiger partial charge on any atom is -0.744 e. The van der Waals surface area contributed by atoms with Crippen LogP contribution < -0.4 is 0 Å². The standard InChI is InChI=1S/C6H7NO3S/c1-5-2-3-7-4-6(5)11(8,9)10/h2-4H,1H3,(H,8,9,10)/p-1. The van der Waals surface area contributed by atoms with E-state index in [2.05, 4.69) is 4.98 Å². The number of pyridine rings is 1. The van der Waals surface area contributed by atoms with E-state index in [-0.39, 0.29) is 4.90 Å². The van der Waals surface area contributed by atoms with Gasteiger partial charge in [-0.05, 0) is 18.6 Å². The number of aryl methyl sites for hydroxylation is 1. The van der Waals surface area contributed by atoms with Crippen molar-refractivity contribution < 1.29 is 13.0 Å². The van der Waals surface area contributed by atoms with Crippen LogP contribution in [-0.2, 0) is 10.1 Å². The molecular formula is C6H6NO3S-. The number of nitrogens with zero attached hydrogens (tertiary/aromatic N) is 1. The summed E-state index contributed by atoms with van der Waals surface area (Å²) in [6.45, 7) is 1.55. The van der Waals surface area contributed by atoms with Gasteiger partial charge in [-0.25, -0.2) is 8.42 Å². The van der Waals surface area contributed by atoms with Crippen molar-refractivity contribution in [1.82, 2.24) is 4.98 Å². The summed E-state index contributed by atoms with van der Waals surface area (Å²) in [6, 6.07) is 1.48. The summed E-state index contributed by atoms with van der Waals surface area (Å²) in [5.41, 5.74) is 0.426. The van der Waals surface area contributed by atoms with Crippen molar-refractivity contribution in [2.24, 2.45) is 0 Å². The minimum absolute atomic E-state index is 0.250. The SMILES string of the molecule is Cc1ccncc1S(=O)(=O)[O-]. The number of aromatic nitrogens is 1. The van der Waals surface area contributed by atoms with Crippen LogP contribution in [0.3, 0.4) is 0 Å². The van der Waals surface area contributed by atoms with Crippen LogP contribution in [0.25, 0.3) is 0 Å². The Morgan fingerprint density at radius 3 is 2.55 bits per heavy atom. The molecule has 0 aromatic carbocycles. The number of hydrogen-bond acceptors (Lipinski definition) is 4. The monoisotopic (exact) mass is 172 g/mol. The van der Waals surface area contributed by atoms with Crippen molar-refractivity contribution >= 4 is 10.1 Å². The maximum absolute atomic E-state index is 10.5. The third-order valence-corrected chi connectivity index (χ3v) is 2.23. The van der Waals surface area contributed by atoms with Gasteiger partial charge < -0.3 is 4.55 Å². The molecule has 0 aliphatic heterocycles. The summed E-state index contributed by atoms with van der Waals surface area (Å²) < 4.78 is 31.4. The van der Waals surface area contributed by atoms with Crippen LogP contribution in [0.1, 0.15) is 5.56 Å². The van der Waals surface area contributed by atoms with Gasteiger partial charge in [-0.3, -0.25) is 4.98 Å². The van der Waals surface area contributed by atoms with Crippen LogP contribution in [0.15, 0.2) is 23.4 Å². The van der Waals surface area contributed by atoms with Crippen molar-refractivity contribution in [2.45, 2.75) is 11.8 Å². The Morgan fingerprint density at radius 2 is 2.18 bits per heavy atom. The van der Waals surface area contributed by atoms with Gasteiger partial charge in [0.25, 0.3) is 0 Å². The quantitative estimate of drug-likeness (QED) is 0.571. The predicted molar refractivity (Wildman–Crippen MR) is 36.9 cm³/mol. The Labute approximate surface area is 64.6 Å². The predicted octanol–water partition coefficient (Wildman–Crippen LogP) is 0.294. The lowest BCUT2D eigenvalue weighted by molar-refractivity contribution is 0.462. The largest absolute Gasteiger partial charge is 0.744 e. The lowest BCUT2D eigenvalue weighted by atomic mass is 10.3. The van der Waals surface area contributed by atoms with Crippen molar-refractivity contribution in [3.8, 4) is 0 Å². The summed E-state index contributed by atoms with van der Waals surface area (Å²) in [5, 5.41) is 0. The van der Waals surface area contributed by atoms with Crippen LogP contribution in [0, 0.1) is 6.92 Å². The number of hydrogen-bond donors (Lipinski definition) is 0. The van der Waals surface area contributed by atoms with Gasteiger partial charge in [-0.1, -0.05) is 0 Å². The van der Waals surface area contributed by atoms with Gasteiger partial charge in [0.05, 0.1) is 4.90 Å². The second-order valence-electron chi connectivity index (χ2n) is 2.10. The molecule has 1 rings (SSSR count). The Kier molecular flexibility index (Phi) is 1.92. The third kappa shape index (κ3) is 1.75. The summed E-state index contributed by atoms with van der Waals surface area (Å²) in [5.74, 6) is 0. The zero-order chi connectivity index (χ0) is 8.48. The molecule has 11 heavy (non-hydrogen) atoms. The first-order valence-electron chi connectivity index (χ1n) is 2.88. The molecule has 0 spiro atoms. The highest BCUT2D eigenvalue weighted by Gasteiger charge is 2.03. The van der Waals surface area contributed by atoms with Crippen LogP contribution in [-0.4, -0.2) is 18.0 Å². The van der Waals surface area contributed by atoms with E-state index in [0.717, 1.165) is 6.20 Å². The molecule has 0 amide bonds. The van der Waals surface area contributed by atoms with Gasteiger partial charge in [0.15, 0.2) is 0 Å². The van der Waals surface area contributed by atoms with Gasteiger partial charge in [0.2, 0.25) is 0 Å². The lowest BCUT2D eigenvalue weighted by Crippen LogP contribution is -2.01. The Morgan fingerprint density at radius 1 is 1.55 bits per heavy atom. The van der Waals surface area contributed by atoms with Crippen molar-refractivity contribution in [3.05, 3.63) is 24.0 Å². The summed E-state index contributed by atoms with van der Waals surface area (Å²) >= 11 is 0. The summed E-state index contributed by atoms with van der Waals surface area (Å²) in [6.07, 6.45) is 2.49. The van der Waals surface area contributed by atoms with Gasteiger partial charge in [-0.2, -0.15) is 0 Å². The van der Waals surface area contributed by atoms with Gasteiger partial charge >= 0.3 is 0 Å². The molecule has 0 saturated carbocycles. The van der Waals surface area contributed by atoms with Crippen molar-refractivity contribution in [3.63, 3.8) is 0 Å². The van der Waals surface area contributed by atoms with E-state index in [1.165, 1.54) is 12.3 Å². The van der Waals surface area contributed by atoms with Crippen LogP contribution in [0.4, 0.5) is 0 Å². The maximum Gasteiger partial charge on any atom is 0.126 e. The maximum atomic E-state index is 10.5. The second-order valence-corrected chi connectivity index (χ2v) is 3.44. The molecule has 0 unspecified atom stereocenters. The average molecular weight is 172 g/mol. The molecule has 4 nitrogen and oxygen atoms in total. The first-order valence-corrected chi connectivity index (χ1v) is 4.29. The Bertz CT molecular complexity index is 358. The van der Waals surface area contributed by atoms with E-state index in [4.69, 9.17) is 0 Å².